The average molecular weight is 413 g/mol. The minimum Gasteiger partial charge on any atom is -0.495 e. The molecule has 1 heterocycles. The van der Waals surface area contributed by atoms with Gasteiger partial charge in [0, 0.05) is 6.08 Å². The second-order valence-electron chi connectivity index (χ2n) is 5.62. The van der Waals surface area contributed by atoms with Crippen LogP contribution in [0.1, 0.15) is 5.76 Å². The normalized spacial score (nSPS) is 11.0. The smallest absolute Gasteiger partial charge is 0.266 e. The monoisotopic (exact) mass is 412 g/mol. The SMILES string of the molecule is COc1ccccc1NC(=O)C(C#N)=Cc1ccc(-c2c(Cl)cccc2Cl)o1. The van der Waals surface area contributed by atoms with Crippen LogP contribution in [0.3, 0.4) is 0 Å². The molecule has 0 aliphatic carbocycles. The van der Waals surface area contributed by atoms with Crippen molar-refractivity contribution in [3.8, 4) is 23.1 Å². The van der Waals surface area contributed by atoms with Crippen LogP contribution in [-0.2, 0) is 4.79 Å². The summed E-state index contributed by atoms with van der Waals surface area (Å²) >= 11 is 12.4. The number of hydrogen-bond donors (Lipinski definition) is 1. The fourth-order valence-electron chi connectivity index (χ4n) is 2.53. The Morgan fingerprint density at radius 2 is 1.82 bits per heavy atom. The fourth-order valence-corrected chi connectivity index (χ4v) is 3.11. The number of nitrogens with zero attached hydrogens (tertiary/aromatic N) is 1. The second-order valence-corrected chi connectivity index (χ2v) is 6.44. The van der Waals surface area contributed by atoms with Crippen molar-refractivity contribution in [3.63, 3.8) is 0 Å². The zero-order chi connectivity index (χ0) is 20.1. The Kier molecular flexibility index (Phi) is 6.05. The maximum atomic E-state index is 12.5. The third-order valence-corrected chi connectivity index (χ3v) is 4.47. The molecule has 0 aliphatic heterocycles. The molecule has 7 heteroatoms. The number of hydrogen-bond acceptors (Lipinski definition) is 4. The van der Waals surface area contributed by atoms with Gasteiger partial charge in [-0.25, -0.2) is 0 Å². The molecule has 2 aromatic carbocycles. The Bertz CT molecular complexity index is 1080. The second kappa shape index (κ2) is 8.66. The van der Waals surface area contributed by atoms with Gasteiger partial charge in [0.15, 0.2) is 0 Å². The van der Waals surface area contributed by atoms with Gasteiger partial charge in [-0.3, -0.25) is 4.79 Å². The van der Waals surface area contributed by atoms with Crippen molar-refractivity contribution in [1.82, 2.24) is 0 Å². The molecule has 0 aliphatic rings. The molecule has 0 bridgehead atoms. The number of amides is 1. The quantitative estimate of drug-likeness (QED) is 0.423. The first-order valence-electron chi connectivity index (χ1n) is 8.14. The van der Waals surface area contributed by atoms with Gasteiger partial charge in [-0.1, -0.05) is 41.4 Å². The summed E-state index contributed by atoms with van der Waals surface area (Å²) < 4.78 is 10.9. The van der Waals surface area contributed by atoms with Gasteiger partial charge < -0.3 is 14.5 Å². The molecule has 0 fully saturated rings. The lowest BCUT2D eigenvalue weighted by atomic mass is 10.2. The highest BCUT2D eigenvalue weighted by atomic mass is 35.5. The van der Waals surface area contributed by atoms with Crippen LogP contribution < -0.4 is 10.1 Å². The van der Waals surface area contributed by atoms with Crippen molar-refractivity contribution in [2.24, 2.45) is 0 Å². The Balaban J connectivity index is 1.87. The molecule has 0 saturated heterocycles. The lowest BCUT2D eigenvalue weighted by Crippen LogP contribution is -2.14. The Labute approximate surface area is 171 Å². The summed E-state index contributed by atoms with van der Waals surface area (Å²) in [4.78, 5) is 12.5. The number of carbonyl (C=O) groups is 1. The van der Waals surface area contributed by atoms with Crippen molar-refractivity contribution >= 4 is 40.9 Å². The number of nitrogens with one attached hydrogen (secondary N) is 1. The summed E-state index contributed by atoms with van der Waals surface area (Å²) in [6.45, 7) is 0. The van der Waals surface area contributed by atoms with Crippen LogP contribution in [0.15, 0.2) is 64.6 Å². The van der Waals surface area contributed by atoms with E-state index in [1.807, 2.05) is 6.07 Å². The molecule has 5 nitrogen and oxygen atoms in total. The summed E-state index contributed by atoms with van der Waals surface area (Å²) in [6.07, 6.45) is 1.35. The molecule has 140 valence electrons. The third-order valence-electron chi connectivity index (χ3n) is 3.84. The standard InChI is InChI=1S/C21H14Cl2N2O3/c1-27-18-8-3-2-7-17(18)25-21(26)13(12-24)11-14-9-10-19(28-14)20-15(22)5-4-6-16(20)23/h2-11H,1H3,(H,25,26). The molecule has 0 atom stereocenters. The number of anilines is 1. The molecular formula is C21H14Cl2N2O3. The van der Waals surface area contributed by atoms with Crippen LogP contribution in [0, 0.1) is 11.3 Å². The molecule has 3 rings (SSSR count). The molecule has 1 aromatic heterocycles. The first-order chi connectivity index (χ1) is 13.5. The van der Waals surface area contributed by atoms with E-state index in [1.54, 1.807) is 54.6 Å². The van der Waals surface area contributed by atoms with E-state index < -0.39 is 5.91 Å². The van der Waals surface area contributed by atoms with Gasteiger partial charge in [0.2, 0.25) is 0 Å². The summed E-state index contributed by atoms with van der Waals surface area (Å²) in [6, 6.07) is 17.2. The van der Waals surface area contributed by atoms with Gasteiger partial charge in [0.25, 0.3) is 5.91 Å². The number of benzene rings is 2. The van der Waals surface area contributed by atoms with E-state index in [-0.39, 0.29) is 5.57 Å². The van der Waals surface area contributed by atoms with Crippen LogP contribution in [0.2, 0.25) is 10.0 Å². The highest BCUT2D eigenvalue weighted by Gasteiger charge is 2.15. The zero-order valence-corrected chi connectivity index (χ0v) is 16.2. The molecule has 1 amide bonds. The van der Waals surface area contributed by atoms with E-state index in [2.05, 4.69) is 5.32 Å². The summed E-state index contributed by atoms with van der Waals surface area (Å²) in [5.41, 5.74) is 0.874. The molecule has 0 saturated carbocycles. The number of ether oxygens (including phenoxy) is 1. The van der Waals surface area contributed by atoms with Crippen LogP contribution in [-0.4, -0.2) is 13.0 Å². The lowest BCUT2D eigenvalue weighted by Gasteiger charge is -2.08. The van der Waals surface area contributed by atoms with Crippen LogP contribution in [0.25, 0.3) is 17.4 Å². The average Bonchev–Trinajstić information content (AvgIpc) is 3.14. The van der Waals surface area contributed by atoms with E-state index >= 15 is 0 Å². The molecule has 1 N–H and O–H groups in total. The van der Waals surface area contributed by atoms with E-state index in [1.165, 1.54) is 13.2 Å². The van der Waals surface area contributed by atoms with Gasteiger partial charge >= 0.3 is 0 Å². The van der Waals surface area contributed by atoms with Crippen molar-refractivity contribution in [2.75, 3.05) is 12.4 Å². The Hall–Kier alpha value is -3.20. The minimum atomic E-state index is -0.583. The Morgan fingerprint density at radius 3 is 2.50 bits per heavy atom. The lowest BCUT2D eigenvalue weighted by molar-refractivity contribution is -0.112. The maximum absolute atomic E-state index is 12.5. The third kappa shape index (κ3) is 4.20. The number of rotatable bonds is 5. The van der Waals surface area contributed by atoms with Gasteiger partial charge in [0.1, 0.15) is 28.9 Å². The number of methoxy groups -OCH3 is 1. The topological polar surface area (TPSA) is 75.3 Å². The summed E-state index contributed by atoms with van der Waals surface area (Å²) in [5.74, 6) is 0.657. The molecular weight excluding hydrogens is 399 g/mol. The number of halogens is 2. The van der Waals surface area contributed by atoms with E-state index in [4.69, 9.17) is 32.4 Å². The van der Waals surface area contributed by atoms with Gasteiger partial charge in [-0.15, -0.1) is 0 Å². The number of nitriles is 1. The van der Waals surface area contributed by atoms with E-state index in [0.29, 0.717) is 38.6 Å². The number of carbonyl (C=O) groups excluding carboxylic acids is 1. The number of furan rings is 1. The van der Waals surface area contributed by atoms with Crippen molar-refractivity contribution < 1.29 is 13.9 Å². The first kappa shape index (κ1) is 19.6. The molecule has 0 radical (unpaired) electrons. The van der Waals surface area contributed by atoms with Crippen molar-refractivity contribution in [1.29, 1.82) is 5.26 Å². The van der Waals surface area contributed by atoms with Gasteiger partial charge in [-0.2, -0.15) is 5.26 Å². The molecule has 3 aromatic rings. The van der Waals surface area contributed by atoms with Gasteiger partial charge in [-0.05, 0) is 36.4 Å². The van der Waals surface area contributed by atoms with Crippen molar-refractivity contribution in [3.05, 3.63) is 76.0 Å². The van der Waals surface area contributed by atoms with Gasteiger partial charge in [0.05, 0.1) is 28.4 Å². The largest absolute Gasteiger partial charge is 0.495 e. The zero-order valence-electron chi connectivity index (χ0n) is 14.7. The van der Waals surface area contributed by atoms with Crippen LogP contribution in [0.5, 0.6) is 5.75 Å². The number of para-hydroxylation sites is 2. The maximum Gasteiger partial charge on any atom is 0.266 e. The molecule has 28 heavy (non-hydrogen) atoms. The predicted octanol–water partition coefficient (Wildman–Crippen LogP) is 5.81. The molecule has 0 unspecified atom stereocenters. The van der Waals surface area contributed by atoms with E-state index in [9.17, 15) is 10.1 Å². The van der Waals surface area contributed by atoms with Crippen molar-refractivity contribution in [2.45, 2.75) is 0 Å². The van der Waals surface area contributed by atoms with Crippen LogP contribution in [0.4, 0.5) is 5.69 Å². The molecule has 0 spiro atoms. The first-order valence-corrected chi connectivity index (χ1v) is 8.89. The minimum absolute atomic E-state index is 0.128. The highest BCUT2D eigenvalue weighted by molar-refractivity contribution is 6.39. The van der Waals surface area contributed by atoms with Crippen LogP contribution >= 0.6 is 23.2 Å². The fraction of sp³-hybridized carbons (Fsp3) is 0.0476. The highest BCUT2D eigenvalue weighted by Crippen LogP contribution is 2.35. The predicted molar refractivity (Wildman–Crippen MR) is 109 cm³/mol. The Morgan fingerprint density at radius 1 is 1.11 bits per heavy atom. The summed E-state index contributed by atoms with van der Waals surface area (Å²) in [5, 5.41) is 12.9. The van der Waals surface area contributed by atoms with E-state index in [0.717, 1.165) is 0 Å². The summed E-state index contributed by atoms with van der Waals surface area (Å²) in [7, 11) is 1.50.